The molecule has 0 saturated carbocycles. The van der Waals surface area contributed by atoms with E-state index >= 15 is 0 Å². The highest BCUT2D eigenvalue weighted by Gasteiger charge is 1.36. The van der Waals surface area contributed by atoms with Crippen molar-refractivity contribution in [2.24, 2.45) is 4.99 Å². The van der Waals surface area contributed by atoms with Crippen molar-refractivity contribution in [2.75, 3.05) is 21.3 Å². The van der Waals surface area contributed by atoms with Gasteiger partial charge in [-0.25, -0.2) is 0 Å². The Morgan fingerprint density at radius 1 is 1.00 bits per heavy atom. The summed E-state index contributed by atoms with van der Waals surface area (Å²) >= 11 is 0. The highest BCUT2D eigenvalue weighted by molar-refractivity contribution is 5.52. The van der Waals surface area contributed by atoms with Gasteiger partial charge in [0, 0.05) is 21.3 Å². The molecule has 0 fully saturated rings. The molecule has 0 spiro atoms. The summed E-state index contributed by atoms with van der Waals surface area (Å²) in [5, 5.41) is 0. The predicted octanol–water partition coefficient (Wildman–Crippen LogP) is 3.80. The summed E-state index contributed by atoms with van der Waals surface area (Å²) in [6.07, 6.45) is 4.25. The van der Waals surface area contributed by atoms with Crippen LogP contribution in [0, 0.1) is 0 Å². The van der Waals surface area contributed by atoms with Crippen LogP contribution in [0.25, 0.3) is 0 Å². The lowest BCUT2D eigenvalue weighted by Gasteiger charge is -1.61. The number of aliphatic imine (C=N–C) groups is 1. The van der Waals surface area contributed by atoms with Gasteiger partial charge in [-0.3, -0.25) is 0 Å². The summed E-state index contributed by atoms with van der Waals surface area (Å²) in [6, 6.07) is 0. The average Bonchev–Trinajstić information content (AvgIpc) is 2.08. The van der Waals surface area contributed by atoms with Crippen molar-refractivity contribution in [3.05, 3.63) is 0 Å². The summed E-state index contributed by atoms with van der Waals surface area (Å²) in [5.74, 6) is 0. The largest absolute Gasteiger partial charge is 0.388 e. The number of hydrogen-bond donors (Lipinski definition) is 0. The van der Waals surface area contributed by atoms with Crippen molar-refractivity contribution >= 4 is 6.21 Å². The molecule has 0 atom stereocenters. The van der Waals surface area contributed by atoms with Gasteiger partial charge in [-0.05, 0) is 13.1 Å². The Hall–Kier alpha value is -0.370. The maximum Gasteiger partial charge on any atom is 0.0351 e. The molecule has 0 radical (unpaired) electrons. The molecule has 0 heterocycles. The van der Waals surface area contributed by atoms with Crippen LogP contribution in [0.3, 0.4) is 0 Å². The van der Waals surface area contributed by atoms with Crippen LogP contribution in [0.1, 0.15) is 47.5 Å². The zero-order chi connectivity index (χ0) is 11.5. The van der Waals surface area contributed by atoms with Gasteiger partial charge in [0.15, 0.2) is 0 Å². The Morgan fingerprint density at radius 3 is 1.08 bits per heavy atom. The first-order valence-electron chi connectivity index (χ1n) is 4.93. The van der Waals surface area contributed by atoms with E-state index in [2.05, 4.69) is 37.4 Å². The van der Waals surface area contributed by atoms with Crippen LogP contribution in [-0.2, 0) is 4.74 Å². The summed E-state index contributed by atoms with van der Waals surface area (Å²) in [6.45, 7) is 10.4. The number of hydrogen-bond acceptors (Lipinski definition) is 2. The van der Waals surface area contributed by atoms with Gasteiger partial charge < -0.3 is 9.73 Å². The molecular formula is C11H29NO. The van der Waals surface area contributed by atoms with E-state index in [1.165, 1.54) is 12.8 Å². The van der Waals surface area contributed by atoms with Crippen molar-refractivity contribution in [1.82, 2.24) is 0 Å². The Kier molecular flexibility index (Phi) is 108. The SMILES string of the molecule is CC=NC.CCC.CCC.COC. The van der Waals surface area contributed by atoms with E-state index in [9.17, 15) is 0 Å². The maximum atomic E-state index is 4.25. The van der Waals surface area contributed by atoms with Gasteiger partial charge in [-0.15, -0.1) is 0 Å². The lowest BCUT2D eigenvalue weighted by Crippen LogP contribution is -1.55. The molecule has 84 valence electrons. The van der Waals surface area contributed by atoms with E-state index in [1.807, 2.05) is 6.92 Å². The molecule has 0 aliphatic heterocycles. The normalized spacial score (nSPS) is 7.08. The zero-order valence-corrected chi connectivity index (χ0v) is 10.8. The third kappa shape index (κ3) is 2720. The third-order valence-electron chi connectivity index (χ3n) is 0.258. The molecule has 0 amide bonds. The van der Waals surface area contributed by atoms with Gasteiger partial charge in [0.05, 0.1) is 0 Å². The molecule has 0 unspecified atom stereocenters. The molecule has 2 nitrogen and oxygen atoms in total. The molecule has 0 aliphatic carbocycles. The average molecular weight is 191 g/mol. The second-order valence-corrected chi connectivity index (χ2v) is 2.34. The minimum Gasteiger partial charge on any atom is -0.388 e. The standard InChI is InChI=1S/C3H7N.2C3H8.C2H6O/c1-3-4-2;3*1-3-2/h3H,1-2H3;2*3H2,1-2H3;1-2H3. The molecule has 0 bridgehead atoms. The topological polar surface area (TPSA) is 21.6 Å². The van der Waals surface area contributed by atoms with Gasteiger partial charge in [-0.1, -0.05) is 40.5 Å². The summed E-state index contributed by atoms with van der Waals surface area (Å²) < 4.78 is 4.25. The molecule has 0 N–H and O–H groups in total. The van der Waals surface area contributed by atoms with Crippen molar-refractivity contribution in [3.63, 3.8) is 0 Å². The number of methoxy groups -OCH3 is 1. The minimum absolute atomic E-state index is 1.25. The van der Waals surface area contributed by atoms with Crippen LogP contribution in [0.4, 0.5) is 0 Å². The summed E-state index contributed by atoms with van der Waals surface area (Å²) in [5.41, 5.74) is 0. The van der Waals surface area contributed by atoms with E-state index < -0.39 is 0 Å². The van der Waals surface area contributed by atoms with Crippen LogP contribution in [0.2, 0.25) is 0 Å². The lowest BCUT2D eigenvalue weighted by molar-refractivity contribution is 0.277. The molecular weight excluding hydrogens is 162 g/mol. The predicted molar refractivity (Wildman–Crippen MR) is 65.0 cm³/mol. The first kappa shape index (κ1) is 22.9. The maximum absolute atomic E-state index is 4.25. The second kappa shape index (κ2) is 61.3. The number of rotatable bonds is 0. The zero-order valence-electron chi connectivity index (χ0n) is 10.8. The second-order valence-electron chi connectivity index (χ2n) is 2.34. The molecule has 2 heteroatoms. The Bertz CT molecular complexity index is 45.3. The molecule has 13 heavy (non-hydrogen) atoms. The summed E-state index contributed by atoms with van der Waals surface area (Å²) in [4.78, 5) is 3.61. The monoisotopic (exact) mass is 191 g/mol. The van der Waals surface area contributed by atoms with E-state index in [0.717, 1.165) is 0 Å². The highest BCUT2D eigenvalue weighted by atomic mass is 16.4. The van der Waals surface area contributed by atoms with Gasteiger partial charge >= 0.3 is 0 Å². The van der Waals surface area contributed by atoms with Crippen molar-refractivity contribution in [3.8, 4) is 0 Å². The first-order valence-corrected chi connectivity index (χ1v) is 4.93. The van der Waals surface area contributed by atoms with Gasteiger partial charge in [-0.2, -0.15) is 0 Å². The third-order valence-corrected chi connectivity index (χ3v) is 0.258. The van der Waals surface area contributed by atoms with E-state index in [-0.39, 0.29) is 0 Å². The first-order chi connectivity index (χ1) is 6.16. The van der Waals surface area contributed by atoms with Crippen molar-refractivity contribution in [1.29, 1.82) is 0 Å². The van der Waals surface area contributed by atoms with Gasteiger partial charge in [0.2, 0.25) is 0 Å². The number of ether oxygens (including phenoxy) is 1. The van der Waals surface area contributed by atoms with Crippen LogP contribution in [0.15, 0.2) is 4.99 Å². The van der Waals surface area contributed by atoms with Crippen LogP contribution in [0.5, 0.6) is 0 Å². The van der Waals surface area contributed by atoms with Gasteiger partial charge in [0.1, 0.15) is 0 Å². The Balaban J connectivity index is -0.0000000420. The molecule has 0 aliphatic rings. The fourth-order valence-electron chi connectivity index (χ4n) is 0. The van der Waals surface area contributed by atoms with Crippen LogP contribution < -0.4 is 0 Å². The minimum atomic E-state index is 1.25. The quantitative estimate of drug-likeness (QED) is 0.534. The smallest absolute Gasteiger partial charge is 0.0351 e. The van der Waals surface area contributed by atoms with E-state index in [1.54, 1.807) is 27.5 Å². The van der Waals surface area contributed by atoms with E-state index in [4.69, 9.17) is 0 Å². The molecule has 0 aromatic heterocycles. The van der Waals surface area contributed by atoms with Crippen LogP contribution >= 0.6 is 0 Å². The van der Waals surface area contributed by atoms with E-state index in [0.29, 0.717) is 0 Å². The Morgan fingerprint density at radius 2 is 1.08 bits per heavy atom. The highest BCUT2D eigenvalue weighted by Crippen LogP contribution is 1.56. The van der Waals surface area contributed by atoms with Gasteiger partial charge in [0.25, 0.3) is 0 Å². The number of nitrogens with zero attached hydrogens (tertiary/aromatic N) is 1. The molecule has 0 aromatic carbocycles. The molecule has 0 aromatic rings. The Labute approximate surface area is 85.4 Å². The fraction of sp³-hybridized carbons (Fsp3) is 0.909. The van der Waals surface area contributed by atoms with Crippen molar-refractivity contribution < 1.29 is 4.74 Å². The lowest BCUT2D eigenvalue weighted by atomic mass is 10.6. The molecule has 0 saturated heterocycles. The van der Waals surface area contributed by atoms with Crippen LogP contribution in [-0.4, -0.2) is 27.5 Å². The molecule has 0 rings (SSSR count). The fourth-order valence-corrected chi connectivity index (χ4v) is 0. The summed E-state index contributed by atoms with van der Waals surface area (Å²) in [7, 11) is 5.00. The van der Waals surface area contributed by atoms with Crippen molar-refractivity contribution in [2.45, 2.75) is 47.5 Å².